The second kappa shape index (κ2) is 8.24. The van der Waals surface area contributed by atoms with Gasteiger partial charge in [-0.25, -0.2) is 9.36 Å². The first-order valence-corrected chi connectivity index (χ1v) is 9.50. The van der Waals surface area contributed by atoms with E-state index in [9.17, 15) is 14.7 Å². The number of rotatable bonds is 4. The molecule has 0 spiro atoms. The Hall–Kier alpha value is -2.83. The lowest BCUT2D eigenvalue weighted by Crippen LogP contribution is -2.34. The van der Waals surface area contributed by atoms with Gasteiger partial charge in [-0.3, -0.25) is 14.8 Å². The van der Waals surface area contributed by atoms with Crippen LogP contribution in [0.5, 0.6) is 5.88 Å². The number of para-hydroxylation sites is 1. The first-order valence-electron chi connectivity index (χ1n) is 9.50. The van der Waals surface area contributed by atoms with E-state index in [2.05, 4.69) is 10.1 Å². The number of nitrogens with one attached hydrogen (secondary N) is 1. The van der Waals surface area contributed by atoms with E-state index < -0.39 is 11.2 Å². The minimum absolute atomic E-state index is 0.0598. The zero-order valence-corrected chi connectivity index (χ0v) is 15.9. The van der Waals surface area contributed by atoms with Gasteiger partial charge < -0.3 is 5.11 Å². The fraction of sp³-hybridized carbons (Fsp3) is 0.450. The molecule has 0 unspecified atom stereocenters. The number of nitrogens with zero attached hydrogens (tertiary/aromatic N) is 3. The molecule has 1 aliphatic heterocycles. The van der Waals surface area contributed by atoms with Crippen molar-refractivity contribution >= 4 is 5.71 Å². The molecule has 0 atom stereocenters. The zero-order valence-electron chi connectivity index (χ0n) is 15.9. The van der Waals surface area contributed by atoms with E-state index in [4.69, 9.17) is 0 Å². The molecule has 2 aromatic rings. The summed E-state index contributed by atoms with van der Waals surface area (Å²) in [5.41, 5.74) is 0.610. The Morgan fingerprint density at radius 1 is 1.15 bits per heavy atom. The van der Waals surface area contributed by atoms with Gasteiger partial charge in [-0.05, 0) is 37.8 Å². The normalized spacial score (nSPS) is 15.6. The van der Waals surface area contributed by atoms with Crippen molar-refractivity contribution in [2.24, 2.45) is 5.10 Å². The highest BCUT2D eigenvalue weighted by atomic mass is 16.3. The van der Waals surface area contributed by atoms with Crippen molar-refractivity contribution in [3.8, 4) is 11.6 Å². The van der Waals surface area contributed by atoms with Crippen LogP contribution < -0.4 is 11.2 Å². The maximum atomic E-state index is 12.5. The minimum Gasteiger partial charge on any atom is -0.493 e. The number of hydrogen-bond acceptors (Lipinski definition) is 5. The highest BCUT2D eigenvalue weighted by Gasteiger charge is 2.21. The highest BCUT2D eigenvalue weighted by molar-refractivity contribution is 6.01. The van der Waals surface area contributed by atoms with Crippen LogP contribution in [0, 0.1) is 6.92 Å². The summed E-state index contributed by atoms with van der Waals surface area (Å²) in [6.45, 7) is 5.40. The van der Waals surface area contributed by atoms with E-state index in [-0.39, 0.29) is 11.4 Å². The van der Waals surface area contributed by atoms with Gasteiger partial charge in [0.05, 0.1) is 11.4 Å². The maximum Gasteiger partial charge on any atom is 0.335 e. The smallest absolute Gasteiger partial charge is 0.335 e. The fourth-order valence-corrected chi connectivity index (χ4v) is 3.45. The molecule has 1 saturated heterocycles. The Labute approximate surface area is 158 Å². The molecule has 7 nitrogen and oxygen atoms in total. The van der Waals surface area contributed by atoms with Crippen molar-refractivity contribution < 1.29 is 5.11 Å². The minimum atomic E-state index is -0.666. The van der Waals surface area contributed by atoms with Crippen molar-refractivity contribution in [1.82, 2.24) is 14.6 Å². The topological polar surface area (TPSA) is 90.7 Å². The predicted octanol–water partition coefficient (Wildman–Crippen LogP) is 2.53. The van der Waals surface area contributed by atoms with Crippen molar-refractivity contribution in [2.75, 3.05) is 13.1 Å². The molecule has 0 radical (unpaired) electrons. The fourth-order valence-electron chi connectivity index (χ4n) is 3.45. The van der Waals surface area contributed by atoms with Gasteiger partial charge in [0.2, 0.25) is 5.88 Å². The van der Waals surface area contributed by atoms with E-state index in [1.54, 1.807) is 12.1 Å². The molecule has 27 heavy (non-hydrogen) atoms. The summed E-state index contributed by atoms with van der Waals surface area (Å²) < 4.78 is 1.14. The van der Waals surface area contributed by atoms with E-state index in [0.29, 0.717) is 17.8 Å². The molecule has 3 rings (SSSR count). The summed E-state index contributed by atoms with van der Waals surface area (Å²) >= 11 is 0. The Balaban J connectivity index is 2.14. The van der Waals surface area contributed by atoms with Crippen LogP contribution in [0.3, 0.4) is 0 Å². The lowest BCUT2D eigenvalue weighted by Gasteiger charge is -2.19. The van der Waals surface area contributed by atoms with Gasteiger partial charge in [0.25, 0.3) is 5.56 Å². The van der Waals surface area contributed by atoms with Crippen molar-refractivity contribution in [2.45, 2.75) is 46.0 Å². The van der Waals surface area contributed by atoms with Gasteiger partial charge in [0.1, 0.15) is 5.56 Å². The standard InChI is InChI=1S/C20H26N4O3/c1-3-15(22-23-12-8-4-5-9-13-23)17-18(25)21-20(27)24(19(17)26)16-11-7-6-10-14(16)2/h6-7,10-11,26H,3-5,8-9,12-13H2,1-2H3,(H,21,25,27)/b22-15+. The Bertz CT molecular complexity index is 950. The molecule has 1 aromatic carbocycles. The summed E-state index contributed by atoms with van der Waals surface area (Å²) in [7, 11) is 0. The number of hydrogen-bond donors (Lipinski definition) is 2. The quantitative estimate of drug-likeness (QED) is 0.809. The summed E-state index contributed by atoms with van der Waals surface area (Å²) in [5.74, 6) is -0.367. The third-order valence-corrected chi connectivity index (χ3v) is 4.91. The van der Waals surface area contributed by atoms with Crippen molar-refractivity contribution in [1.29, 1.82) is 0 Å². The summed E-state index contributed by atoms with van der Waals surface area (Å²) in [6.07, 6.45) is 4.95. The lowest BCUT2D eigenvalue weighted by atomic mass is 10.1. The van der Waals surface area contributed by atoms with E-state index in [0.717, 1.165) is 36.1 Å². The second-order valence-electron chi connectivity index (χ2n) is 6.85. The predicted molar refractivity (Wildman–Crippen MR) is 106 cm³/mol. The first kappa shape index (κ1) is 18.9. The van der Waals surface area contributed by atoms with Crippen LogP contribution in [0.25, 0.3) is 5.69 Å². The number of aromatic amines is 1. The maximum absolute atomic E-state index is 12.5. The highest BCUT2D eigenvalue weighted by Crippen LogP contribution is 2.21. The van der Waals surface area contributed by atoms with Crippen molar-refractivity contribution in [3.63, 3.8) is 0 Å². The van der Waals surface area contributed by atoms with Crippen LogP contribution in [-0.4, -0.2) is 38.5 Å². The van der Waals surface area contributed by atoms with Crippen LogP contribution in [0.15, 0.2) is 39.0 Å². The Kier molecular flexibility index (Phi) is 5.78. The second-order valence-corrected chi connectivity index (χ2v) is 6.85. The molecule has 1 fully saturated rings. The number of hydrazone groups is 1. The first-order chi connectivity index (χ1) is 13.0. The third-order valence-electron chi connectivity index (χ3n) is 4.91. The lowest BCUT2D eigenvalue weighted by molar-refractivity contribution is 0.300. The molecule has 1 aliphatic rings. The Morgan fingerprint density at radius 3 is 2.44 bits per heavy atom. The zero-order chi connectivity index (χ0) is 19.4. The van der Waals surface area contributed by atoms with Crippen LogP contribution in [0.4, 0.5) is 0 Å². The SMILES string of the molecule is CC/C(=N\N1CCCCCC1)c1c(O)n(-c2ccccc2C)c(=O)[nH]c1=O. The third kappa shape index (κ3) is 3.97. The number of aromatic nitrogens is 2. The average Bonchev–Trinajstić information content (AvgIpc) is 2.90. The molecule has 144 valence electrons. The van der Waals surface area contributed by atoms with Gasteiger partial charge >= 0.3 is 5.69 Å². The van der Waals surface area contributed by atoms with Crippen LogP contribution in [-0.2, 0) is 0 Å². The molecule has 7 heteroatoms. The number of benzene rings is 1. The largest absolute Gasteiger partial charge is 0.493 e. The Morgan fingerprint density at radius 2 is 1.81 bits per heavy atom. The molecule has 2 N–H and O–H groups in total. The number of aromatic hydroxyl groups is 1. The number of H-pyrrole nitrogens is 1. The molecule has 0 bridgehead atoms. The molecule has 1 aromatic heterocycles. The van der Waals surface area contributed by atoms with Gasteiger partial charge in [0, 0.05) is 13.1 Å². The molecule has 0 saturated carbocycles. The average molecular weight is 370 g/mol. The van der Waals surface area contributed by atoms with Crippen LogP contribution >= 0.6 is 0 Å². The van der Waals surface area contributed by atoms with E-state index in [1.807, 2.05) is 31.0 Å². The van der Waals surface area contributed by atoms with Gasteiger partial charge in [-0.1, -0.05) is 38.0 Å². The summed E-state index contributed by atoms with van der Waals surface area (Å²) in [4.78, 5) is 27.3. The van der Waals surface area contributed by atoms with Crippen molar-refractivity contribution in [3.05, 3.63) is 56.2 Å². The van der Waals surface area contributed by atoms with Gasteiger partial charge in [-0.15, -0.1) is 0 Å². The van der Waals surface area contributed by atoms with Gasteiger partial charge in [0.15, 0.2) is 0 Å². The molecule has 0 aliphatic carbocycles. The van der Waals surface area contributed by atoms with Gasteiger partial charge in [-0.2, -0.15) is 5.10 Å². The monoisotopic (exact) mass is 370 g/mol. The van der Waals surface area contributed by atoms with Crippen LogP contribution in [0.1, 0.15) is 50.2 Å². The molecule has 2 heterocycles. The van der Waals surface area contributed by atoms with E-state index in [1.165, 1.54) is 12.8 Å². The number of aryl methyl sites for hydroxylation is 1. The summed E-state index contributed by atoms with van der Waals surface area (Å²) in [5, 5.41) is 17.5. The summed E-state index contributed by atoms with van der Waals surface area (Å²) in [6, 6.07) is 7.21. The van der Waals surface area contributed by atoms with E-state index >= 15 is 0 Å². The molecular formula is C20H26N4O3. The van der Waals surface area contributed by atoms with Crippen LogP contribution in [0.2, 0.25) is 0 Å². The molecule has 0 amide bonds. The molecular weight excluding hydrogens is 344 g/mol.